The highest BCUT2D eigenvalue weighted by Gasteiger charge is 2.48. The number of methoxy groups -OCH3 is 1. The number of aromatic nitrogens is 1. The highest BCUT2D eigenvalue weighted by Crippen LogP contribution is 2.43. The maximum Gasteiger partial charge on any atom is 0.263 e. The number of ether oxygens (including phenoxy) is 1. The maximum absolute atomic E-state index is 7.25. The number of quaternary nitrogens is 1. The quantitative estimate of drug-likeness (QED) is 0.404. The maximum atomic E-state index is 7.25. The highest BCUT2D eigenvalue weighted by atomic mass is 35.5. The second-order valence-electron chi connectivity index (χ2n) is 9.10. The number of halogens is 1. The van der Waals surface area contributed by atoms with E-state index in [0.717, 1.165) is 70.6 Å². The first-order valence-corrected chi connectivity index (χ1v) is 12.1. The van der Waals surface area contributed by atoms with Crippen molar-refractivity contribution >= 4 is 34.7 Å². The molecule has 3 aromatic rings. The van der Waals surface area contributed by atoms with Gasteiger partial charge in [0, 0.05) is 24.0 Å². The summed E-state index contributed by atoms with van der Waals surface area (Å²) < 4.78 is 5.60. The molecule has 2 aromatic carbocycles. The molecule has 1 aromatic heterocycles. The molecule has 0 spiro atoms. The van der Waals surface area contributed by atoms with Crippen molar-refractivity contribution in [2.24, 2.45) is 15.9 Å². The smallest absolute Gasteiger partial charge is 0.263 e. The lowest BCUT2D eigenvalue weighted by atomic mass is 9.84. The van der Waals surface area contributed by atoms with Gasteiger partial charge in [0.05, 0.1) is 35.3 Å². The lowest BCUT2D eigenvalue weighted by Gasteiger charge is -2.27. The Morgan fingerprint density at radius 3 is 2.53 bits per heavy atom. The van der Waals surface area contributed by atoms with Crippen LogP contribution in [0.1, 0.15) is 31.2 Å². The number of fused-ring (bicyclic) bond motifs is 2. The molecule has 0 N–H and O–H groups in total. The van der Waals surface area contributed by atoms with Crippen LogP contribution in [0, 0.1) is 5.92 Å². The number of hydrogen-bond acceptors (Lipinski definition) is 4. The molecule has 1 fully saturated rings. The van der Waals surface area contributed by atoms with Crippen LogP contribution < -0.4 is 0 Å². The van der Waals surface area contributed by atoms with Crippen molar-refractivity contribution in [3.05, 3.63) is 90.0 Å². The molecule has 1 atom stereocenters. The fourth-order valence-corrected chi connectivity index (χ4v) is 5.54. The van der Waals surface area contributed by atoms with Gasteiger partial charge in [-0.1, -0.05) is 42.5 Å². The Balaban J connectivity index is 1.40. The number of hydrogen-bond donors (Lipinski definition) is 0. The number of rotatable bonds is 4. The van der Waals surface area contributed by atoms with Crippen LogP contribution in [-0.4, -0.2) is 34.3 Å². The molecule has 2 aliphatic heterocycles. The first kappa shape index (κ1) is 21.4. The molecule has 170 valence electrons. The molecule has 0 radical (unpaired) electrons. The van der Waals surface area contributed by atoms with Gasteiger partial charge in [-0.25, -0.2) is 4.98 Å². The number of pyridine rings is 1. The lowest BCUT2D eigenvalue weighted by molar-refractivity contribution is -0.600. The predicted octanol–water partition coefficient (Wildman–Crippen LogP) is 6.61. The van der Waals surface area contributed by atoms with Crippen molar-refractivity contribution in [3.63, 3.8) is 0 Å². The third kappa shape index (κ3) is 3.61. The zero-order valence-electron chi connectivity index (χ0n) is 19.1. The van der Waals surface area contributed by atoms with Crippen LogP contribution in [-0.2, 0) is 4.74 Å². The van der Waals surface area contributed by atoms with Crippen LogP contribution in [0.4, 0.5) is 0 Å². The van der Waals surface area contributed by atoms with E-state index in [1.54, 1.807) is 13.3 Å². The Morgan fingerprint density at radius 2 is 1.74 bits per heavy atom. The molecule has 5 nitrogen and oxygen atoms in total. The van der Waals surface area contributed by atoms with E-state index in [1.165, 1.54) is 0 Å². The Labute approximate surface area is 204 Å². The summed E-state index contributed by atoms with van der Waals surface area (Å²) in [5.74, 6) is 1.16. The summed E-state index contributed by atoms with van der Waals surface area (Å²) in [6.07, 6.45) is 10.0. The van der Waals surface area contributed by atoms with Crippen molar-refractivity contribution in [1.29, 1.82) is 0 Å². The summed E-state index contributed by atoms with van der Waals surface area (Å²) in [4.78, 5) is 14.5. The minimum Gasteiger partial charge on any atom is -0.381 e. The third-order valence-corrected chi connectivity index (χ3v) is 7.57. The molecule has 1 aliphatic carbocycles. The summed E-state index contributed by atoms with van der Waals surface area (Å²) in [6, 6.07) is 20.7. The predicted molar refractivity (Wildman–Crippen MR) is 137 cm³/mol. The summed E-state index contributed by atoms with van der Waals surface area (Å²) in [5.41, 5.74) is 5.95. The van der Waals surface area contributed by atoms with E-state index in [-0.39, 0.29) is 4.00 Å². The van der Waals surface area contributed by atoms with Gasteiger partial charge in [-0.2, -0.15) is 4.99 Å². The SMILES string of the molecule is COC1CCC(C2=C3C=NC=C[N+]3(Cl)C(c3ccc4ccc(-c5ccccc5)nc4c3)=N2)CC1. The molecule has 1 saturated carbocycles. The monoisotopic (exact) mass is 469 g/mol. The van der Waals surface area contributed by atoms with Crippen molar-refractivity contribution in [1.82, 2.24) is 4.98 Å². The third-order valence-electron chi connectivity index (χ3n) is 7.12. The van der Waals surface area contributed by atoms with E-state index in [1.807, 2.05) is 30.6 Å². The molecule has 6 rings (SSSR count). The minimum atomic E-state index is 0.0208. The molecule has 1 unspecified atom stereocenters. The number of amidine groups is 1. The highest BCUT2D eigenvalue weighted by molar-refractivity contribution is 6.20. The van der Waals surface area contributed by atoms with Crippen molar-refractivity contribution in [2.75, 3.05) is 7.11 Å². The van der Waals surface area contributed by atoms with Gasteiger partial charge in [-0.05, 0) is 43.9 Å². The van der Waals surface area contributed by atoms with E-state index >= 15 is 0 Å². The molecule has 0 amide bonds. The molecular formula is C28H26ClN4O+. The Bertz CT molecular complexity index is 1370. The van der Waals surface area contributed by atoms with Crippen molar-refractivity contribution in [2.45, 2.75) is 31.8 Å². The van der Waals surface area contributed by atoms with E-state index in [9.17, 15) is 0 Å². The Kier molecular flexibility index (Phi) is 5.41. The zero-order chi connectivity index (χ0) is 23.1. The summed E-state index contributed by atoms with van der Waals surface area (Å²) in [7, 11) is 1.80. The summed E-state index contributed by atoms with van der Waals surface area (Å²) >= 11 is 7.25. The zero-order valence-corrected chi connectivity index (χ0v) is 19.8. The molecule has 34 heavy (non-hydrogen) atoms. The van der Waals surface area contributed by atoms with Gasteiger partial charge in [0.25, 0.3) is 5.84 Å². The average Bonchev–Trinajstić information content (AvgIpc) is 3.21. The minimum absolute atomic E-state index is 0.0208. The molecular weight excluding hydrogens is 444 g/mol. The van der Waals surface area contributed by atoms with E-state index in [2.05, 4.69) is 47.5 Å². The van der Waals surface area contributed by atoms with Crippen LogP contribution in [0.25, 0.3) is 22.2 Å². The Morgan fingerprint density at radius 1 is 0.941 bits per heavy atom. The second kappa shape index (κ2) is 8.58. The van der Waals surface area contributed by atoms with Gasteiger partial charge in [0.15, 0.2) is 11.8 Å². The molecule has 3 aliphatic rings. The van der Waals surface area contributed by atoms with E-state index in [4.69, 9.17) is 26.5 Å². The van der Waals surface area contributed by atoms with Crippen LogP contribution >= 0.6 is 11.8 Å². The number of aliphatic imine (C=N–C) groups is 2. The number of nitrogens with zero attached hydrogens (tertiary/aromatic N) is 4. The van der Waals surface area contributed by atoms with Crippen LogP contribution in [0.5, 0.6) is 0 Å². The largest absolute Gasteiger partial charge is 0.381 e. The van der Waals surface area contributed by atoms with Crippen LogP contribution in [0.15, 0.2) is 94.4 Å². The van der Waals surface area contributed by atoms with Crippen LogP contribution in [0.2, 0.25) is 0 Å². The molecule has 0 saturated heterocycles. The molecule has 0 bridgehead atoms. The van der Waals surface area contributed by atoms with E-state index < -0.39 is 0 Å². The fourth-order valence-electron chi connectivity index (χ4n) is 5.22. The lowest BCUT2D eigenvalue weighted by Crippen LogP contribution is -2.38. The van der Waals surface area contributed by atoms with Gasteiger partial charge in [-0.15, -0.1) is 4.00 Å². The van der Waals surface area contributed by atoms with E-state index in [0.29, 0.717) is 12.0 Å². The van der Waals surface area contributed by atoms with Crippen molar-refractivity contribution in [3.8, 4) is 11.3 Å². The second-order valence-corrected chi connectivity index (χ2v) is 9.63. The number of benzene rings is 2. The summed E-state index contributed by atoms with van der Waals surface area (Å²) in [6.45, 7) is 0. The van der Waals surface area contributed by atoms with Crippen molar-refractivity contribution < 1.29 is 8.74 Å². The van der Waals surface area contributed by atoms with Gasteiger partial charge in [-0.3, -0.25) is 4.99 Å². The molecule has 6 heteroatoms. The van der Waals surface area contributed by atoms with Crippen LogP contribution in [0.3, 0.4) is 0 Å². The first-order chi connectivity index (χ1) is 16.7. The average molecular weight is 470 g/mol. The van der Waals surface area contributed by atoms with Gasteiger partial charge >= 0.3 is 0 Å². The normalized spacial score (nSPS) is 26.1. The fraction of sp³-hybridized carbons (Fsp3) is 0.250. The topological polar surface area (TPSA) is 46.8 Å². The van der Waals surface area contributed by atoms with Gasteiger partial charge in [0.2, 0.25) is 5.70 Å². The first-order valence-electron chi connectivity index (χ1n) is 11.8. The Hall–Kier alpha value is -3.12. The molecule has 3 heterocycles. The standard InChI is InChI=1S/C28H26ClN4O/c1-34-23-12-9-21(10-13-23)27-26-18-30-15-16-33(26,29)28(32-27)22-8-7-20-11-14-24(31-25(20)17-22)19-5-3-2-4-6-19/h2-8,11,14-18,21,23H,9-10,12-13H2,1H3/q+1. The van der Waals surface area contributed by atoms with Gasteiger partial charge < -0.3 is 4.74 Å². The number of allylic oxidation sites excluding steroid dienone is 2. The summed E-state index contributed by atoms with van der Waals surface area (Å²) in [5, 5.41) is 1.09. The van der Waals surface area contributed by atoms with Gasteiger partial charge in [0.1, 0.15) is 11.9 Å².